The third-order valence-electron chi connectivity index (χ3n) is 6.45. The van der Waals surface area contributed by atoms with Gasteiger partial charge in [-0.25, -0.2) is 0 Å². The summed E-state index contributed by atoms with van der Waals surface area (Å²) in [7, 11) is 0. The number of nitrogens with zero attached hydrogens (tertiary/aromatic N) is 7. The third kappa shape index (κ3) is 4.97. The highest BCUT2D eigenvalue weighted by molar-refractivity contribution is 5.47. The number of nitrogens with one attached hydrogen (secondary N) is 2. The molecule has 2 bridgehead atoms. The maximum atomic E-state index is 8.97. The lowest BCUT2D eigenvalue weighted by atomic mass is 10.1. The van der Waals surface area contributed by atoms with E-state index in [-0.39, 0.29) is 17.3 Å². The predicted molar refractivity (Wildman–Crippen MR) is 116 cm³/mol. The van der Waals surface area contributed by atoms with Crippen LogP contribution in [0.4, 0.5) is 11.6 Å². The van der Waals surface area contributed by atoms with Gasteiger partial charge < -0.3 is 14.8 Å². The van der Waals surface area contributed by atoms with Gasteiger partial charge in [-0.3, -0.25) is 4.90 Å². The molecule has 9 nitrogen and oxygen atoms in total. The van der Waals surface area contributed by atoms with Crippen LogP contribution in [0.2, 0.25) is 0 Å². The summed E-state index contributed by atoms with van der Waals surface area (Å²) in [5, 5.41) is 29.8. The Kier molecular flexibility index (Phi) is 6.38. The first kappa shape index (κ1) is 21.1. The van der Waals surface area contributed by atoms with Crippen molar-refractivity contribution in [2.24, 2.45) is 10.2 Å². The molecule has 5 rings (SSSR count). The van der Waals surface area contributed by atoms with Crippen molar-refractivity contribution in [3.8, 4) is 12.1 Å². The van der Waals surface area contributed by atoms with Crippen LogP contribution in [0.15, 0.2) is 28.4 Å². The number of nitriles is 2. The van der Waals surface area contributed by atoms with Gasteiger partial charge in [-0.2, -0.15) is 15.5 Å². The van der Waals surface area contributed by atoms with E-state index in [2.05, 4.69) is 42.5 Å². The largest absolute Gasteiger partial charge is 0.319 e. The van der Waals surface area contributed by atoms with Gasteiger partial charge >= 0.3 is 0 Å². The Hall–Kier alpha value is -3.11. The fourth-order valence-corrected chi connectivity index (χ4v) is 4.40. The van der Waals surface area contributed by atoms with Crippen LogP contribution < -0.4 is 5.32 Å². The second kappa shape index (κ2) is 9.36. The quantitative estimate of drug-likeness (QED) is 0.387. The third-order valence-corrected chi connectivity index (χ3v) is 6.45. The van der Waals surface area contributed by atoms with Gasteiger partial charge in [-0.1, -0.05) is 12.1 Å². The van der Waals surface area contributed by atoms with E-state index >= 15 is 0 Å². The number of H-pyrrole nitrogens is 1. The van der Waals surface area contributed by atoms with Crippen LogP contribution in [0.1, 0.15) is 22.5 Å². The van der Waals surface area contributed by atoms with Gasteiger partial charge in [-0.15, -0.1) is 10.2 Å². The van der Waals surface area contributed by atoms with Gasteiger partial charge in [0, 0.05) is 26.2 Å². The molecule has 2 aromatic rings. The fraction of sp³-hybridized carbons (Fsp3) is 0.500. The van der Waals surface area contributed by atoms with E-state index in [1.165, 1.54) is 55.9 Å². The van der Waals surface area contributed by atoms with E-state index in [1.54, 1.807) is 0 Å². The molecule has 0 atom stereocenters. The lowest BCUT2D eigenvalue weighted by Gasteiger charge is -2.50. The summed E-state index contributed by atoms with van der Waals surface area (Å²) in [6, 6.07) is 9.89. The number of hydrogen-bond acceptors (Lipinski definition) is 7. The maximum Gasteiger partial charge on any atom is 0.249 e. The number of piperazine rings is 3. The molecule has 0 saturated carbocycles. The molecule has 9 heteroatoms. The Morgan fingerprint density at radius 1 is 1.13 bits per heavy atom. The average Bonchev–Trinajstić information content (AvgIpc) is 3.22. The van der Waals surface area contributed by atoms with E-state index < -0.39 is 0 Å². The molecule has 31 heavy (non-hydrogen) atoms. The molecule has 3 aliphatic rings. The summed E-state index contributed by atoms with van der Waals surface area (Å²) in [6.07, 6.45) is 0.973. The summed E-state index contributed by atoms with van der Waals surface area (Å²) in [5.41, 5.74) is 3.16. The molecule has 1 aromatic heterocycles. The second-order valence-corrected chi connectivity index (χ2v) is 8.41. The first-order chi connectivity index (χ1) is 15.1. The topological polar surface area (TPSA) is 116 Å². The molecule has 3 aliphatic heterocycles. The second-order valence-electron chi connectivity index (χ2n) is 8.41. The number of aryl methyl sites for hydroxylation is 1. The van der Waals surface area contributed by atoms with Crippen LogP contribution in [0.25, 0.3) is 0 Å². The number of quaternary nitrogens is 1. The van der Waals surface area contributed by atoms with E-state index in [0.29, 0.717) is 0 Å². The Morgan fingerprint density at radius 3 is 2.55 bits per heavy atom. The highest BCUT2D eigenvalue weighted by Gasteiger charge is 2.37. The number of aromatic nitrogens is 2. The molecule has 0 radical (unpaired) electrons. The minimum atomic E-state index is 0.0309. The first-order valence-electron chi connectivity index (χ1n) is 10.8. The Balaban J connectivity index is 1.25. The number of fused-ring (bicyclic) bond motifs is 3. The number of aromatic amines is 1. The van der Waals surface area contributed by atoms with Crippen molar-refractivity contribution in [1.82, 2.24) is 20.2 Å². The van der Waals surface area contributed by atoms with Crippen LogP contribution in [0.5, 0.6) is 0 Å². The lowest BCUT2D eigenvalue weighted by molar-refractivity contribution is -0.939. The van der Waals surface area contributed by atoms with Crippen molar-refractivity contribution in [2.45, 2.75) is 13.3 Å². The lowest BCUT2D eigenvalue weighted by Crippen LogP contribution is -2.68. The van der Waals surface area contributed by atoms with Crippen LogP contribution in [-0.2, 0) is 6.42 Å². The summed E-state index contributed by atoms with van der Waals surface area (Å²) in [4.78, 5) is 9.23. The minimum Gasteiger partial charge on any atom is -0.319 e. The van der Waals surface area contributed by atoms with E-state index in [0.717, 1.165) is 30.8 Å². The molecule has 0 spiro atoms. The average molecular weight is 419 g/mol. The molecule has 160 valence electrons. The number of hydrogen-bond donors (Lipinski definition) is 2. The Morgan fingerprint density at radius 2 is 1.90 bits per heavy atom. The highest BCUT2D eigenvalue weighted by Crippen LogP contribution is 2.23. The molecule has 0 unspecified atom stereocenters. The molecule has 4 heterocycles. The van der Waals surface area contributed by atoms with E-state index in [9.17, 15) is 0 Å². The van der Waals surface area contributed by atoms with Gasteiger partial charge in [0.05, 0.1) is 31.9 Å². The number of azo groups is 1. The molecule has 3 fully saturated rings. The summed E-state index contributed by atoms with van der Waals surface area (Å²) < 4.78 is 1.30. The maximum absolute atomic E-state index is 8.97. The zero-order valence-electron chi connectivity index (χ0n) is 17.9. The Labute approximate surface area is 182 Å². The predicted octanol–water partition coefficient (Wildman–Crippen LogP) is 2.15. The van der Waals surface area contributed by atoms with Crippen molar-refractivity contribution in [3.05, 3.63) is 40.7 Å². The van der Waals surface area contributed by atoms with Crippen molar-refractivity contribution >= 4 is 11.6 Å². The van der Waals surface area contributed by atoms with Crippen molar-refractivity contribution in [1.29, 1.82) is 10.5 Å². The van der Waals surface area contributed by atoms with Gasteiger partial charge in [0.1, 0.15) is 12.1 Å². The van der Waals surface area contributed by atoms with Crippen LogP contribution >= 0.6 is 0 Å². The molecule has 0 amide bonds. The molecule has 3 saturated heterocycles. The van der Waals surface area contributed by atoms with Crippen LogP contribution in [-0.4, -0.2) is 78.3 Å². The molecule has 0 aliphatic carbocycles. The van der Waals surface area contributed by atoms with E-state index in [1.807, 2.05) is 25.1 Å². The smallest absolute Gasteiger partial charge is 0.249 e. The zero-order chi connectivity index (χ0) is 21.7. The van der Waals surface area contributed by atoms with Crippen molar-refractivity contribution in [3.63, 3.8) is 0 Å². The number of rotatable bonds is 8. The summed E-state index contributed by atoms with van der Waals surface area (Å²) >= 11 is 0. The van der Waals surface area contributed by atoms with Crippen molar-refractivity contribution in [2.75, 3.05) is 58.9 Å². The molecular weight excluding hydrogens is 390 g/mol. The zero-order valence-corrected chi connectivity index (χ0v) is 17.9. The highest BCUT2D eigenvalue weighted by atomic mass is 15.5. The van der Waals surface area contributed by atoms with Gasteiger partial charge in [0.2, 0.25) is 5.95 Å². The van der Waals surface area contributed by atoms with Gasteiger partial charge in [0.15, 0.2) is 11.4 Å². The first-order valence-corrected chi connectivity index (χ1v) is 10.8. The normalized spacial score (nSPS) is 22.5. The van der Waals surface area contributed by atoms with Crippen molar-refractivity contribution < 1.29 is 4.48 Å². The van der Waals surface area contributed by atoms with E-state index in [4.69, 9.17) is 10.5 Å². The summed E-state index contributed by atoms with van der Waals surface area (Å²) in [6.45, 7) is 13.0. The fourth-order valence-electron chi connectivity index (χ4n) is 4.40. The number of imidazole rings is 1. The molecule has 2 N–H and O–H groups in total. The van der Waals surface area contributed by atoms with Crippen LogP contribution in [0.3, 0.4) is 0 Å². The van der Waals surface area contributed by atoms with Gasteiger partial charge in [0.25, 0.3) is 0 Å². The minimum absolute atomic E-state index is 0.0309. The monoisotopic (exact) mass is 418 g/mol. The van der Waals surface area contributed by atoms with Crippen LogP contribution in [0, 0.1) is 29.6 Å². The Bertz CT molecular complexity index is 987. The molecule has 1 aromatic carbocycles. The summed E-state index contributed by atoms with van der Waals surface area (Å²) in [5.74, 6) is 0.155. The molecular formula is C22H28N9+. The van der Waals surface area contributed by atoms with Gasteiger partial charge in [-0.05, 0) is 37.1 Å². The number of benzene rings is 1. The standard InChI is InChI=1S/C22H28N9/c1-17-14-18(4-5-25-6-10-31-11-7-30(8-12-31)9-13-31)2-3-19(17)28-29-22-26-20(15-23)21(16-24)27-22/h2-3,14,25H,4-13H2,1H3,(H,26,27)/q+1. The SMILES string of the molecule is Cc1cc(CCNCC[N+]23CCN(CC2)CC3)ccc1N=Nc1nc(C#N)c(C#N)[nH]1.